The van der Waals surface area contributed by atoms with Crippen LogP contribution in [0.2, 0.25) is 0 Å². The predicted molar refractivity (Wildman–Crippen MR) is 123 cm³/mol. The number of thiazole rings is 1. The molecule has 0 aliphatic carbocycles. The maximum Gasteiger partial charge on any atom is 0.265 e. The van der Waals surface area contributed by atoms with E-state index in [-0.39, 0.29) is 25.0 Å². The summed E-state index contributed by atoms with van der Waals surface area (Å²) in [4.78, 5) is 31.3. The number of carbonyl (C=O) groups is 2. The summed E-state index contributed by atoms with van der Waals surface area (Å²) in [5, 5.41) is 5.76. The van der Waals surface area contributed by atoms with Crippen LogP contribution in [0.3, 0.4) is 0 Å². The first-order valence-corrected chi connectivity index (χ1v) is 10.9. The van der Waals surface area contributed by atoms with Crippen LogP contribution in [0.15, 0.2) is 47.8 Å². The number of hydrogen-bond donors (Lipinski definition) is 1. The van der Waals surface area contributed by atoms with Crippen LogP contribution in [0.25, 0.3) is 11.3 Å². The molecule has 166 valence electrons. The van der Waals surface area contributed by atoms with Crippen LogP contribution in [0.5, 0.6) is 11.5 Å². The lowest BCUT2D eigenvalue weighted by molar-refractivity contribution is -0.123. The first kappa shape index (κ1) is 21.8. The Labute approximate surface area is 189 Å². The molecule has 0 unspecified atom stereocenters. The lowest BCUT2D eigenvalue weighted by Gasteiger charge is -2.29. The molecule has 1 N–H and O–H groups in total. The van der Waals surface area contributed by atoms with E-state index in [1.807, 2.05) is 17.5 Å². The number of aromatic nitrogens is 1. The summed E-state index contributed by atoms with van der Waals surface area (Å²) < 4.78 is 15.8. The van der Waals surface area contributed by atoms with Crippen molar-refractivity contribution >= 4 is 34.5 Å². The normalized spacial score (nSPS) is 12.8. The Morgan fingerprint density at radius 1 is 1.22 bits per heavy atom. The van der Waals surface area contributed by atoms with Gasteiger partial charge in [0.15, 0.2) is 6.61 Å². The number of rotatable bonds is 8. The number of hydrogen-bond acceptors (Lipinski definition) is 7. The van der Waals surface area contributed by atoms with E-state index in [4.69, 9.17) is 14.2 Å². The molecule has 1 aliphatic rings. The number of nitrogens with one attached hydrogen (secondary N) is 1. The van der Waals surface area contributed by atoms with Gasteiger partial charge in [-0.3, -0.25) is 14.5 Å². The van der Waals surface area contributed by atoms with Gasteiger partial charge < -0.3 is 19.5 Å². The number of fused-ring (bicyclic) bond motifs is 1. The van der Waals surface area contributed by atoms with E-state index in [0.717, 1.165) is 22.7 Å². The molecule has 1 aliphatic heterocycles. The fourth-order valence-electron chi connectivity index (χ4n) is 3.30. The Morgan fingerprint density at radius 3 is 2.78 bits per heavy atom. The smallest absolute Gasteiger partial charge is 0.265 e. The maximum atomic E-state index is 12.6. The molecular formula is C23H23N3O5S. The number of carbonyl (C=O) groups excluding carboxylic acids is 2. The van der Waals surface area contributed by atoms with E-state index in [2.05, 4.69) is 10.3 Å². The molecule has 0 spiro atoms. The average Bonchev–Trinajstić information content (AvgIpc) is 3.29. The second kappa shape index (κ2) is 9.80. The van der Waals surface area contributed by atoms with E-state index < -0.39 is 0 Å². The largest absolute Gasteiger partial charge is 0.497 e. The maximum absolute atomic E-state index is 12.6. The lowest BCUT2D eigenvalue weighted by Crippen LogP contribution is -2.43. The Balaban J connectivity index is 1.52. The molecule has 2 aromatic carbocycles. The van der Waals surface area contributed by atoms with Gasteiger partial charge in [0.2, 0.25) is 5.91 Å². The number of ether oxygens (including phenoxy) is 3. The molecule has 4 rings (SSSR count). The van der Waals surface area contributed by atoms with Gasteiger partial charge in [-0.2, -0.15) is 0 Å². The van der Waals surface area contributed by atoms with Crippen molar-refractivity contribution in [3.63, 3.8) is 0 Å². The SMILES string of the molecule is COCCc1nc(-c2ccc3c(c2)N(CC(=O)Nc2ccc(OC)cc2)C(=O)CO3)cs1. The zero-order chi connectivity index (χ0) is 22.5. The fourth-order valence-corrected chi connectivity index (χ4v) is 4.09. The quantitative estimate of drug-likeness (QED) is 0.563. The highest BCUT2D eigenvalue weighted by molar-refractivity contribution is 7.09. The Hall–Kier alpha value is -3.43. The van der Waals surface area contributed by atoms with E-state index in [1.54, 1.807) is 55.9 Å². The van der Waals surface area contributed by atoms with Crippen LogP contribution >= 0.6 is 11.3 Å². The first-order chi connectivity index (χ1) is 15.6. The van der Waals surface area contributed by atoms with Crippen molar-refractivity contribution in [2.24, 2.45) is 0 Å². The summed E-state index contributed by atoms with van der Waals surface area (Å²) in [5.74, 6) is 0.663. The topological polar surface area (TPSA) is 90.0 Å². The molecule has 2 amide bonds. The van der Waals surface area contributed by atoms with Gasteiger partial charge in [-0.05, 0) is 42.5 Å². The van der Waals surface area contributed by atoms with Crippen LogP contribution in [0.4, 0.5) is 11.4 Å². The third-order valence-corrected chi connectivity index (χ3v) is 5.85. The minimum Gasteiger partial charge on any atom is -0.497 e. The molecule has 32 heavy (non-hydrogen) atoms. The molecule has 0 atom stereocenters. The Bertz CT molecular complexity index is 1110. The summed E-state index contributed by atoms with van der Waals surface area (Å²) in [6, 6.07) is 12.5. The highest BCUT2D eigenvalue weighted by atomic mass is 32.1. The van der Waals surface area contributed by atoms with Crippen molar-refractivity contribution in [1.29, 1.82) is 0 Å². The van der Waals surface area contributed by atoms with Crippen molar-refractivity contribution in [1.82, 2.24) is 4.98 Å². The van der Waals surface area contributed by atoms with E-state index in [9.17, 15) is 9.59 Å². The molecule has 0 saturated carbocycles. The van der Waals surface area contributed by atoms with Gasteiger partial charge in [0.05, 0.1) is 30.1 Å². The molecule has 0 bridgehead atoms. The number of anilines is 2. The van der Waals surface area contributed by atoms with Gasteiger partial charge in [-0.25, -0.2) is 4.98 Å². The van der Waals surface area contributed by atoms with Crippen molar-refractivity contribution in [2.75, 3.05) is 44.2 Å². The second-order valence-electron chi connectivity index (χ2n) is 7.10. The van der Waals surface area contributed by atoms with E-state index >= 15 is 0 Å². The summed E-state index contributed by atoms with van der Waals surface area (Å²) in [7, 11) is 3.24. The molecular weight excluding hydrogens is 430 g/mol. The highest BCUT2D eigenvalue weighted by Crippen LogP contribution is 2.36. The van der Waals surface area contributed by atoms with Crippen molar-refractivity contribution in [3.05, 3.63) is 52.9 Å². The molecule has 8 nitrogen and oxygen atoms in total. The molecule has 0 radical (unpaired) electrons. The predicted octanol–water partition coefficient (Wildman–Crippen LogP) is 3.37. The van der Waals surface area contributed by atoms with Crippen LogP contribution in [0.1, 0.15) is 5.01 Å². The number of methoxy groups -OCH3 is 2. The monoisotopic (exact) mass is 453 g/mol. The van der Waals surface area contributed by atoms with Gasteiger partial charge in [0.1, 0.15) is 18.0 Å². The summed E-state index contributed by atoms with van der Waals surface area (Å²) in [6.45, 7) is 0.372. The molecule has 1 aromatic heterocycles. The number of amides is 2. The molecule has 0 saturated heterocycles. The number of nitrogens with zero attached hydrogens (tertiary/aromatic N) is 2. The first-order valence-electron chi connectivity index (χ1n) is 10.0. The van der Waals surface area contributed by atoms with E-state index in [1.165, 1.54) is 4.90 Å². The van der Waals surface area contributed by atoms with Crippen molar-refractivity contribution < 1.29 is 23.8 Å². The summed E-state index contributed by atoms with van der Waals surface area (Å²) in [6.07, 6.45) is 0.741. The van der Waals surface area contributed by atoms with Gasteiger partial charge in [-0.1, -0.05) is 0 Å². The van der Waals surface area contributed by atoms with Crippen molar-refractivity contribution in [2.45, 2.75) is 6.42 Å². The van der Waals surface area contributed by atoms with Gasteiger partial charge in [0.25, 0.3) is 5.91 Å². The lowest BCUT2D eigenvalue weighted by atomic mass is 10.1. The van der Waals surface area contributed by atoms with Crippen LogP contribution in [0, 0.1) is 0 Å². The third kappa shape index (κ3) is 4.90. The average molecular weight is 454 g/mol. The Kier molecular flexibility index (Phi) is 6.67. The van der Waals surface area contributed by atoms with Gasteiger partial charge >= 0.3 is 0 Å². The van der Waals surface area contributed by atoms with Gasteiger partial charge in [0, 0.05) is 30.2 Å². The zero-order valence-electron chi connectivity index (χ0n) is 17.8. The standard InChI is InChI=1S/C23H23N3O5S/c1-29-10-9-22-25-18(14-32-22)15-3-8-20-19(11-15)26(23(28)13-31-20)12-21(27)24-16-4-6-17(30-2)7-5-16/h3-8,11,14H,9-10,12-13H2,1-2H3,(H,24,27). The molecule has 9 heteroatoms. The second-order valence-corrected chi connectivity index (χ2v) is 8.04. The third-order valence-electron chi connectivity index (χ3n) is 4.94. The Morgan fingerprint density at radius 2 is 2.03 bits per heavy atom. The van der Waals surface area contributed by atoms with Crippen LogP contribution in [-0.2, 0) is 20.7 Å². The molecule has 2 heterocycles. The fraction of sp³-hybridized carbons (Fsp3) is 0.261. The highest BCUT2D eigenvalue weighted by Gasteiger charge is 2.28. The minimum atomic E-state index is -0.308. The van der Waals surface area contributed by atoms with Crippen LogP contribution < -0.4 is 19.7 Å². The molecule has 0 fully saturated rings. The zero-order valence-corrected chi connectivity index (χ0v) is 18.6. The van der Waals surface area contributed by atoms with Gasteiger partial charge in [-0.15, -0.1) is 11.3 Å². The van der Waals surface area contributed by atoms with E-state index in [0.29, 0.717) is 29.5 Å². The summed E-state index contributed by atoms with van der Waals surface area (Å²) in [5.41, 5.74) is 2.83. The minimum absolute atomic E-state index is 0.111. The summed E-state index contributed by atoms with van der Waals surface area (Å²) >= 11 is 1.56. The van der Waals surface area contributed by atoms with Crippen LogP contribution in [-0.4, -0.2) is 50.8 Å². The number of benzene rings is 2. The molecule has 3 aromatic rings. The van der Waals surface area contributed by atoms with Crippen molar-refractivity contribution in [3.8, 4) is 22.8 Å².